The fourth-order valence-electron chi connectivity index (χ4n) is 2.84. The molecule has 0 saturated heterocycles. The molecule has 2 unspecified atom stereocenters. The second-order valence-corrected chi connectivity index (χ2v) is 5.36. The molecule has 2 aromatic carbocycles. The number of nitriles is 1. The van der Waals surface area contributed by atoms with Gasteiger partial charge in [0.15, 0.2) is 17.4 Å². The summed E-state index contributed by atoms with van der Waals surface area (Å²) < 4.78 is 15.9. The first-order chi connectivity index (χ1) is 11.7. The summed E-state index contributed by atoms with van der Waals surface area (Å²) in [4.78, 5) is 12.3. The zero-order valence-electron chi connectivity index (χ0n) is 13.3. The summed E-state index contributed by atoms with van der Waals surface area (Å²) in [5.41, 5.74) is 1.68. The van der Waals surface area contributed by atoms with Crippen LogP contribution in [0.15, 0.2) is 48.5 Å². The van der Waals surface area contributed by atoms with E-state index in [0.717, 1.165) is 11.1 Å². The highest BCUT2D eigenvalue weighted by Crippen LogP contribution is 2.39. The molecule has 0 saturated carbocycles. The van der Waals surface area contributed by atoms with Gasteiger partial charge in [0.05, 0.1) is 12.7 Å². The van der Waals surface area contributed by atoms with Crippen LogP contribution in [0.3, 0.4) is 0 Å². The molecule has 0 spiro atoms. The number of nitrogens with zero attached hydrogens (tertiary/aromatic N) is 1. The lowest BCUT2D eigenvalue weighted by molar-refractivity contribution is -0.146. The molecule has 0 bridgehead atoms. The molecule has 0 N–H and O–H groups in total. The number of carbonyl (C=O) groups is 1. The maximum atomic E-state index is 12.3. The highest BCUT2D eigenvalue weighted by atomic mass is 16.7. The molecule has 0 fully saturated rings. The van der Waals surface area contributed by atoms with Crippen molar-refractivity contribution < 1.29 is 19.0 Å². The Kier molecular flexibility index (Phi) is 4.66. The Hall–Kier alpha value is -3.00. The lowest BCUT2D eigenvalue weighted by atomic mass is 9.81. The van der Waals surface area contributed by atoms with Crippen LogP contribution in [0.4, 0.5) is 0 Å². The van der Waals surface area contributed by atoms with Crippen molar-refractivity contribution in [1.29, 1.82) is 5.26 Å². The minimum Gasteiger partial charge on any atom is -0.465 e. The van der Waals surface area contributed by atoms with E-state index in [4.69, 9.17) is 14.2 Å². The van der Waals surface area contributed by atoms with Gasteiger partial charge >= 0.3 is 5.97 Å². The lowest BCUT2D eigenvalue weighted by Crippen LogP contribution is -2.24. The third-order valence-electron chi connectivity index (χ3n) is 3.93. The topological polar surface area (TPSA) is 68.6 Å². The van der Waals surface area contributed by atoms with E-state index in [1.54, 1.807) is 13.0 Å². The summed E-state index contributed by atoms with van der Waals surface area (Å²) in [7, 11) is 0. The summed E-state index contributed by atoms with van der Waals surface area (Å²) in [6, 6.07) is 17.0. The van der Waals surface area contributed by atoms with Gasteiger partial charge in [0.25, 0.3) is 0 Å². The molecule has 24 heavy (non-hydrogen) atoms. The number of ether oxygens (including phenoxy) is 3. The zero-order valence-corrected chi connectivity index (χ0v) is 13.3. The number of hydrogen-bond acceptors (Lipinski definition) is 5. The fourth-order valence-corrected chi connectivity index (χ4v) is 2.84. The summed E-state index contributed by atoms with van der Waals surface area (Å²) in [6.07, 6.45) is 0. The van der Waals surface area contributed by atoms with Gasteiger partial charge in [-0.1, -0.05) is 36.4 Å². The summed E-state index contributed by atoms with van der Waals surface area (Å²) >= 11 is 0. The average Bonchev–Trinajstić information content (AvgIpc) is 3.08. The smallest absolute Gasteiger partial charge is 0.324 e. The zero-order chi connectivity index (χ0) is 16.9. The molecule has 5 heteroatoms. The number of hydrogen-bond donors (Lipinski definition) is 0. The highest BCUT2D eigenvalue weighted by Gasteiger charge is 2.33. The molecule has 5 nitrogen and oxygen atoms in total. The van der Waals surface area contributed by atoms with E-state index in [-0.39, 0.29) is 13.4 Å². The van der Waals surface area contributed by atoms with E-state index in [1.165, 1.54) is 0 Å². The normalized spacial score (nSPS) is 14.5. The second kappa shape index (κ2) is 7.05. The SMILES string of the molecule is CCOC(=O)C(C#N)C(c1ccccc1)c1ccc2c(c1)OCO2. The van der Waals surface area contributed by atoms with Gasteiger partial charge in [-0.2, -0.15) is 5.26 Å². The summed E-state index contributed by atoms with van der Waals surface area (Å²) in [5.74, 6) is -0.617. The van der Waals surface area contributed by atoms with Gasteiger partial charge in [-0.05, 0) is 30.2 Å². The van der Waals surface area contributed by atoms with Gasteiger partial charge in [-0.15, -0.1) is 0 Å². The van der Waals surface area contributed by atoms with Crippen LogP contribution in [0.2, 0.25) is 0 Å². The Morgan fingerprint density at radius 3 is 2.62 bits per heavy atom. The van der Waals surface area contributed by atoms with Crippen LogP contribution < -0.4 is 9.47 Å². The third kappa shape index (κ3) is 3.04. The largest absolute Gasteiger partial charge is 0.465 e. The number of fused-ring (bicyclic) bond motifs is 1. The van der Waals surface area contributed by atoms with Gasteiger partial charge in [-0.25, -0.2) is 0 Å². The van der Waals surface area contributed by atoms with E-state index >= 15 is 0 Å². The van der Waals surface area contributed by atoms with Gasteiger partial charge < -0.3 is 14.2 Å². The van der Waals surface area contributed by atoms with Crippen LogP contribution in [0.5, 0.6) is 11.5 Å². The average molecular weight is 323 g/mol. The van der Waals surface area contributed by atoms with Gasteiger partial charge in [0, 0.05) is 5.92 Å². The molecule has 0 amide bonds. The molecular weight excluding hydrogens is 306 g/mol. The Balaban J connectivity index is 2.05. The minimum absolute atomic E-state index is 0.175. The predicted molar refractivity (Wildman–Crippen MR) is 86.6 cm³/mol. The standard InChI is InChI=1S/C19H17NO4/c1-2-22-19(21)15(11-20)18(13-6-4-3-5-7-13)14-8-9-16-17(10-14)24-12-23-16/h3-10,15,18H,2,12H2,1H3. The first kappa shape index (κ1) is 15.9. The number of esters is 1. The molecule has 0 radical (unpaired) electrons. The monoisotopic (exact) mass is 323 g/mol. The number of carbonyl (C=O) groups excluding carboxylic acids is 1. The van der Waals surface area contributed by atoms with Crippen LogP contribution in [0.1, 0.15) is 24.0 Å². The van der Waals surface area contributed by atoms with Crippen molar-refractivity contribution in [2.75, 3.05) is 13.4 Å². The van der Waals surface area contributed by atoms with Crippen molar-refractivity contribution in [1.82, 2.24) is 0 Å². The Morgan fingerprint density at radius 1 is 1.17 bits per heavy atom. The second-order valence-electron chi connectivity index (χ2n) is 5.36. The lowest BCUT2D eigenvalue weighted by Gasteiger charge is -2.22. The van der Waals surface area contributed by atoms with Crippen molar-refractivity contribution in [3.8, 4) is 17.6 Å². The van der Waals surface area contributed by atoms with Crippen LogP contribution in [0.25, 0.3) is 0 Å². The maximum absolute atomic E-state index is 12.3. The van der Waals surface area contributed by atoms with E-state index in [2.05, 4.69) is 6.07 Å². The van der Waals surface area contributed by atoms with E-state index in [9.17, 15) is 10.1 Å². The third-order valence-corrected chi connectivity index (χ3v) is 3.93. The van der Waals surface area contributed by atoms with Crippen molar-refractivity contribution >= 4 is 5.97 Å². The van der Waals surface area contributed by atoms with E-state index < -0.39 is 17.8 Å². The molecule has 2 aromatic rings. The van der Waals surface area contributed by atoms with Gasteiger partial charge in [0.1, 0.15) is 0 Å². The quantitative estimate of drug-likeness (QED) is 0.790. The molecule has 3 rings (SSSR count). The van der Waals surface area contributed by atoms with Crippen LogP contribution in [0, 0.1) is 17.2 Å². The Bertz CT molecular complexity index is 767. The fraction of sp³-hybridized carbons (Fsp3) is 0.263. The van der Waals surface area contributed by atoms with Gasteiger partial charge in [-0.3, -0.25) is 4.79 Å². The number of rotatable bonds is 5. The van der Waals surface area contributed by atoms with Crippen molar-refractivity contribution in [2.45, 2.75) is 12.8 Å². The van der Waals surface area contributed by atoms with Crippen LogP contribution in [-0.2, 0) is 9.53 Å². The first-order valence-corrected chi connectivity index (χ1v) is 7.75. The maximum Gasteiger partial charge on any atom is 0.324 e. The molecule has 2 atom stereocenters. The van der Waals surface area contributed by atoms with Crippen LogP contribution in [-0.4, -0.2) is 19.4 Å². The Morgan fingerprint density at radius 2 is 1.92 bits per heavy atom. The molecule has 1 aliphatic heterocycles. The highest BCUT2D eigenvalue weighted by molar-refractivity contribution is 5.77. The number of benzene rings is 2. The molecule has 122 valence electrons. The van der Waals surface area contributed by atoms with Gasteiger partial charge in [0.2, 0.25) is 6.79 Å². The molecule has 0 aliphatic carbocycles. The minimum atomic E-state index is -0.937. The van der Waals surface area contributed by atoms with E-state index in [0.29, 0.717) is 11.5 Å². The Labute approximate surface area is 140 Å². The predicted octanol–water partition coefficient (Wildman–Crippen LogP) is 3.25. The molecule has 1 heterocycles. The summed E-state index contributed by atoms with van der Waals surface area (Å²) in [5, 5.41) is 9.60. The first-order valence-electron chi connectivity index (χ1n) is 7.75. The van der Waals surface area contributed by atoms with Crippen molar-refractivity contribution in [2.24, 2.45) is 5.92 Å². The molecular formula is C19H17NO4. The summed E-state index contributed by atoms with van der Waals surface area (Å²) in [6.45, 7) is 2.14. The van der Waals surface area contributed by atoms with Crippen LogP contribution >= 0.6 is 0 Å². The molecule has 0 aromatic heterocycles. The van der Waals surface area contributed by atoms with Crippen molar-refractivity contribution in [3.63, 3.8) is 0 Å². The van der Waals surface area contributed by atoms with E-state index in [1.807, 2.05) is 42.5 Å². The van der Waals surface area contributed by atoms with Crippen molar-refractivity contribution in [3.05, 3.63) is 59.7 Å². The molecule has 1 aliphatic rings.